The molecule has 0 bridgehead atoms. The number of nitrogens with two attached hydrogens (primary N) is 1. The van der Waals surface area contributed by atoms with Crippen molar-refractivity contribution < 1.29 is 14.7 Å². The molecular weight excluding hydrogens is 172 g/mol. The van der Waals surface area contributed by atoms with Gasteiger partial charge in [0, 0.05) is 12.8 Å². The number of carbonyl (C=O) groups is 2. The Labute approximate surface area is 76.5 Å². The zero-order chi connectivity index (χ0) is 10.0. The summed E-state index contributed by atoms with van der Waals surface area (Å²) in [5.74, 6) is -0.755. The van der Waals surface area contributed by atoms with Crippen LogP contribution in [0.1, 0.15) is 26.2 Å². The molecule has 1 saturated heterocycles. The van der Waals surface area contributed by atoms with Gasteiger partial charge in [-0.2, -0.15) is 0 Å². The summed E-state index contributed by atoms with van der Waals surface area (Å²) in [6.07, 6.45) is 0.288. The zero-order valence-electron chi connectivity index (χ0n) is 7.56. The van der Waals surface area contributed by atoms with Crippen LogP contribution in [0.4, 0.5) is 0 Å². The maximum Gasteiger partial charge on any atom is 0.240 e. The van der Waals surface area contributed by atoms with Crippen LogP contribution in [0.3, 0.4) is 0 Å². The number of carbonyl (C=O) groups excluding carboxylic acids is 2. The SMILES string of the molecule is CC[C@@H](C(N)=O)N1C(=O)CCC1O. The Morgan fingerprint density at radius 1 is 1.85 bits per heavy atom. The third kappa shape index (κ3) is 1.80. The average molecular weight is 186 g/mol. The minimum absolute atomic E-state index is 0.196. The number of rotatable bonds is 3. The van der Waals surface area contributed by atoms with Gasteiger partial charge in [-0.05, 0) is 6.42 Å². The molecule has 1 aliphatic heterocycles. The molecule has 0 saturated carbocycles. The summed E-state index contributed by atoms with van der Waals surface area (Å²) in [7, 11) is 0. The highest BCUT2D eigenvalue weighted by Crippen LogP contribution is 2.20. The van der Waals surface area contributed by atoms with Gasteiger partial charge in [0.25, 0.3) is 0 Å². The van der Waals surface area contributed by atoms with Crippen LogP contribution in [0.15, 0.2) is 0 Å². The lowest BCUT2D eigenvalue weighted by Gasteiger charge is -2.27. The molecule has 0 aromatic carbocycles. The van der Waals surface area contributed by atoms with Crippen LogP contribution in [0, 0.1) is 0 Å². The van der Waals surface area contributed by atoms with Crippen molar-refractivity contribution in [3.63, 3.8) is 0 Å². The lowest BCUT2D eigenvalue weighted by atomic mass is 10.2. The van der Waals surface area contributed by atoms with Crippen LogP contribution in [0.25, 0.3) is 0 Å². The second-order valence-electron chi connectivity index (χ2n) is 3.15. The highest BCUT2D eigenvalue weighted by atomic mass is 16.3. The van der Waals surface area contributed by atoms with Crippen molar-refractivity contribution in [2.24, 2.45) is 5.73 Å². The lowest BCUT2D eigenvalue weighted by molar-refractivity contribution is -0.143. The van der Waals surface area contributed by atoms with Crippen molar-refractivity contribution in [1.29, 1.82) is 0 Å². The van der Waals surface area contributed by atoms with Crippen molar-refractivity contribution in [3.05, 3.63) is 0 Å². The van der Waals surface area contributed by atoms with Crippen molar-refractivity contribution in [2.75, 3.05) is 0 Å². The molecule has 2 amide bonds. The normalized spacial score (nSPS) is 24.9. The van der Waals surface area contributed by atoms with Crippen LogP contribution in [-0.4, -0.2) is 34.1 Å². The molecule has 3 N–H and O–H groups in total. The van der Waals surface area contributed by atoms with Crippen LogP contribution in [0.2, 0.25) is 0 Å². The number of nitrogens with zero attached hydrogens (tertiary/aromatic N) is 1. The second-order valence-corrected chi connectivity index (χ2v) is 3.15. The van der Waals surface area contributed by atoms with Crippen molar-refractivity contribution >= 4 is 11.8 Å². The van der Waals surface area contributed by atoms with E-state index < -0.39 is 18.2 Å². The first-order chi connectivity index (χ1) is 6.07. The summed E-state index contributed by atoms with van der Waals surface area (Å²) >= 11 is 0. The molecule has 2 atom stereocenters. The Balaban J connectivity index is 2.77. The van der Waals surface area contributed by atoms with E-state index in [0.29, 0.717) is 19.3 Å². The summed E-state index contributed by atoms with van der Waals surface area (Å²) < 4.78 is 0. The molecule has 1 heterocycles. The number of aliphatic hydroxyl groups excluding tert-OH is 1. The van der Waals surface area contributed by atoms with Gasteiger partial charge in [-0.1, -0.05) is 6.92 Å². The fourth-order valence-electron chi connectivity index (χ4n) is 1.60. The minimum atomic E-state index is -0.843. The van der Waals surface area contributed by atoms with Crippen LogP contribution in [0.5, 0.6) is 0 Å². The monoisotopic (exact) mass is 186 g/mol. The summed E-state index contributed by atoms with van der Waals surface area (Å²) in [5.41, 5.74) is 5.11. The fraction of sp³-hybridized carbons (Fsp3) is 0.750. The smallest absolute Gasteiger partial charge is 0.240 e. The van der Waals surface area contributed by atoms with E-state index in [2.05, 4.69) is 0 Å². The number of aliphatic hydroxyl groups is 1. The van der Waals surface area contributed by atoms with E-state index in [1.807, 2.05) is 0 Å². The molecule has 0 aliphatic carbocycles. The molecule has 1 rings (SSSR count). The molecule has 1 fully saturated rings. The van der Waals surface area contributed by atoms with E-state index in [1.165, 1.54) is 4.90 Å². The molecule has 5 nitrogen and oxygen atoms in total. The molecule has 0 spiro atoms. The van der Waals surface area contributed by atoms with Gasteiger partial charge in [-0.15, -0.1) is 0 Å². The third-order valence-corrected chi connectivity index (χ3v) is 2.28. The van der Waals surface area contributed by atoms with Crippen LogP contribution in [-0.2, 0) is 9.59 Å². The summed E-state index contributed by atoms with van der Waals surface area (Å²) in [4.78, 5) is 23.4. The van der Waals surface area contributed by atoms with Gasteiger partial charge in [0.05, 0.1) is 0 Å². The Morgan fingerprint density at radius 3 is 2.77 bits per heavy atom. The molecule has 1 unspecified atom stereocenters. The zero-order valence-corrected chi connectivity index (χ0v) is 7.56. The van der Waals surface area contributed by atoms with E-state index in [4.69, 9.17) is 5.73 Å². The molecular formula is C8H14N2O3. The van der Waals surface area contributed by atoms with Gasteiger partial charge in [0.15, 0.2) is 0 Å². The van der Waals surface area contributed by atoms with Crippen molar-refractivity contribution in [1.82, 2.24) is 4.90 Å². The van der Waals surface area contributed by atoms with Crippen LogP contribution >= 0.6 is 0 Å². The third-order valence-electron chi connectivity index (χ3n) is 2.28. The Bertz CT molecular complexity index is 229. The van der Waals surface area contributed by atoms with Gasteiger partial charge in [0.1, 0.15) is 12.3 Å². The number of hydrogen-bond acceptors (Lipinski definition) is 3. The molecule has 74 valence electrons. The largest absolute Gasteiger partial charge is 0.373 e. The number of amides is 2. The second kappa shape index (κ2) is 3.74. The predicted octanol–water partition coefficient (Wildman–Crippen LogP) is -0.809. The van der Waals surface area contributed by atoms with Gasteiger partial charge < -0.3 is 15.7 Å². The first-order valence-electron chi connectivity index (χ1n) is 4.36. The molecule has 13 heavy (non-hydrogen) atoms. The average Bonchev–Trinajstić information content (AvgIpc) is 2.36. The summed E-state index contributed by atoms with van der Waals surface area (Å²) in [5, 5.41) is 9.41. The molecule has 0 aromatic heterocycles. The molecule has 0 aromatic rings. The van der Waals surface area contributed by atoms with E-state index >= 15 is 0 Å². The first kappa shape index (κ1) is 9.98. The lowest BCUT2D eigenvalue weighted by Crippen LogP contribution is -2.48. The van der Waals surface area contributed by atoms with Gasteiger partial charge >= 0.3 is 0 Å². The maximum atomic E-state index is 11.2. The Kier molecular flexibility index (Phi) is 2.87. The fourth-order valence-corrected chi connectivity index (χ4v) is 1.60. The quantitative estimate of drug-likeness (QED) is 0.604. The molecule has 1 aliphatic rings. The van der Waals surface area contributed by atoms with E-state index in [9.17, 15) is 14.7 Å². The number of hydrogen-bond donors (Lipinski definition) is 2. The topological polar surface area (TPSA) is 83.6 Å². The molecule has 5 heteroatoms. The maximum absolute atomic E-state index is 11.2. The van der Waals surface area contributed by atoms with Gasteiger partial charge in [-0.25, -0.2) is 0 Å². The van der Waals surface area contributed by atoms with E-state index in [-0.39, 0.29) is 5.91 Å². The molecule has 0 radical (unpaired) electrons. The van der Waals surface area contributed by atoms with E-state index in [1.54, 1.807) is 6.92 Å². The van der Waals surface area contributed by atoms with Gasteiger partial charge in [-0.3, -0.25) is 9.59 Å². The highest BCUT2D eigenvalue weighted by molar-refractivity contribution is 5.87. The Hall–Kier alpha value is -1.10. The van der Waals surface area contributed by atoms with Crippen molar-refractivity contribution in [3.8, 4) is 0 Å². The van der Waals surface area contributed by atoms with Gasteiger partial charge in [0.2, 0.25) is 11.8 Å². The van der Waals surface area contributed by atoms with Crippen molar-refractivity contribution in [2.45, 2.75) is 38.5 Å². The number of likely N-dealkylation sites (tertiary alicyclic amines) is 1. The summed E-state index contributed by atoms with van der Waals surface area (Å²) in [6, 6.07) is -0.662. The Morgan fingerprint density at radius 2 is 2.46 bits per heavy atom. The predicted molar refractivity (Wildman–Crippen MR) is 45.4 cm³/mol. The first-order valence-corrected chi connectivity index (χ1v) is 4.36. The summed E-state index contributed by atoms with van der Waals surface area (Å²) in [6.45, 7) is 1.76. The number of primary amides is 1. The minimum Gasteiger partial charge on any atom is -0.373 e. The van der Waals surface area contributed by atoms with Crippen LogP contribution < -0.4 is 5.73 Å². The standard InChI is InChI=1S/C8H14N2O3/c1-2-5(8(9)13)10-6(11)3-4-7(10)12/h5-6,11H,2-4H2,1H3,(H2,9,13)/t5-,6?/m0/s1. The highest BCUT2D eigenvalue weighted by Gasteiger charge is 2.36. The van der Waals surface area contributed by atoms with E-state index in [0.717, 1.165) is 0 Å².